The fraction of sp³-hybridized carbons (Fsp3) is 0.100. The summed E-state index contributed by atoms with van der Waals surface area (Å²) < 4.78 is 30.4. The second-order valence-corrected chi connectivity index (χ2v) is 8.52. The molecule has 0 fully saturated rings. The molecule has 8 heteroatoms. The van der Waals surface area contributed by atoms with Gasteiger partial charge in [-0.05, 0) is 32.0 Å². The van der Waals surface area contributed by atoms with Gasteiger partial charge in [0.25, 0.3) is 10.0 Å². The first-order chi connectivity index (χ1) is 13.3. The molecule has 4 aromatic rings. The molecule has 28 heavy (non-hydrogen) atoms. The Morgan fingerprint density at radius 1 is 0.964 bits per heavy atom. The summed E-state index contributed by atoms with van der Waals surface area (Å²) in [7, 11) is -3.82. The molecular formula is C20H17ClN4O2S. The number of sulfonamides is 1. The minimum atomic E-state index is -3.82. The maximum atomic E-state index is 13.0. The van der Waals surface area contributed by atoms with Gasteiger partial charge in [0, 0.05) is 11.3 Å². The van der Waals surface area contributed by atoms with Crippen LogP contribution in [0.5, 0.6) is 0 Å². The van der Waals surface area contributed by atoms with Gasteiger partial charge in [0.05, 0.1) is 4.90 Å². The first-order valence-corrected chi connectivity index (χ1v) is 10.4. The zero-order chi connectivity index (χ0) is 19.9. The van der Waals surface area contributed by atoms with Gasteiger partial charge in [-0.1, -0.05) is 59.6 Å². The Hall–Kier alpha value is -2.90. The van der Waals surface area contributed by atoms with E-state index in [-0.39, 0.29) is 4.90 Å². The van der Waals surface area contributed by atoms with Gasteiger partial charge in [0.2, 0.25) is 5.78 Å². The molecule has 2 aromatic heterocycles. The predicted octanol–water partition coefficient (Wildman–Crippen LogP) is 4.47. The molecule has 0 aliphatic rings. The molecule has 1 N–H and O–H groups in total. The van der Waals surface area contributed by atoms with Crippen LogP contribution in [-0.4, -0.2) is 22.8 Å². The fourth-order valence-electron chi connectivity index (χ4n) is 2.98. The van der Waals surface area contributed by atoms with Crippen molar-refractivity contribution < 1.29 is 8.42 Å². The SMILES string of the molecule is Cc1ccc(S(=O)(=O)Nc2c(-c3ccccc3)nc3nc(Cl)cc(C)n23)cc1. The van der Waals surface area contributed by atoms with E-state index in [1.54, 1.807) is 34.7 Å². The molecule has 0 aliphatic heterocycles. The smallest absolute Gasteiger partial charge is 0.263 e. The molecule has 0 radical (unpaired) electrons. The number of hydrogen-bond donors (Lipinski definition) is 1. The molecule has 0 saturated carbocycles. The van der Waals surface area contributed by atoms with Crippen LogP contribution >= 0.6 is 11.6 Å². The van der Waals surface area contributed by atoms with Crippen LogP contribution in [0.2, 0.25) is 5.15 Å². The Bertz CT molecular complexity index is 1270. The molecule has 4 rings (SSSR count). The lowest BCUT2D eigenvalue weighted by atomic mass is 10.1. The Balaban J connectivity index is 1.93. The largest absolute Gasteiger partial charge is 0.266 e. The van der Waals surface area contributed by atoms with E-state index in [0.717, 1.165) is 11.1 Å². The number of benzene rings is 2. The summed E-state index contributed by atoms with van der Waals surface area (Å²) in [5.74, 6) is 0.647. The highest BCUT2D eigenvalue weighted by Gasteiger charge is 2.23. The summed E-state index contributed by atoms with van der Waals surface area (Å²) in [5.41, 5.74) is 2.94. The molecular weight excluding hydrogens is 396 g/mol. The minimum absolute atomic E-state index is 0.173. The lowest BCUT2D eigenvalue weighted by Crippen LogP contribution is -2.15. The first-order valence-electron chi connectivity index (χ1n) is 8.56. The fourth-order valence-corrected chi connectivity index (χ4v) is 4.27. The third-order valence-electron chi connectivity index (χ3n) is 4.36. The molecule has 2 heterocycles. The van der Waals surface area contributed by atoms with Crippen molar-refractivity contribution >= 4 is 33.2 Å². The van der Waals surface area contributed by atoms with E-state index in [1.165, 1.54) is 0 Å². The van der Waals surface area contributed by atoms with Crippen LogP contribution in [0.25, 0.3) is 17.0 Å². The van der Waals surface area contributed by atoms with Crippen LogP contribution in [0.15, 0.2) is 65.6 Å². The van der Waals surface area contributed by atoms with Crippen molar-refractivity contribution in [1.82, 2.24) is 14.4 Å². The van der Waals surface area contributed by atoms with Crippen molar-refractivity contribution in [2.75, 3.05) is 4.72 Å². The zero-order valence-corrected chi connectivity index (χ0v) is 16.8. The number of hydrogen-bond acceptors (Lipinski definition) is 4. The van der Waals surface area contributed by atoms with Gasteiger partial charge in [-0.15, -0.1) is 0 Å². The van der Waals surface area contributed by atoms with Crippen molar-refractivity contribution in [2.24, 2.45) is 0 Å². The molecule has 2 aromatic carbocycles. The third kappa shape index (κ3) is 3.34. The standard InChI is InChI=1S/C20H17ClN4O2S/c1-13-8-10-16(11-9-13)28(26,27)24-19-18(15-6-4-3-5-7-15)23-20-22-17(21)12-14(2)25(19)20/h3-12,24H,1-2H3. The number of aryl methyl sites for hydroxylation is 2. The number of anilines is 1. The summed E-state index contributed by atoms with van der Waals surface area (Å²) in [5, 5.41) is 0.294. The number of nitrogens with one attached hydrogen (secondary N) is 1. The second kappa shape index (κ2) is 6.92. The van der Waals surface area contributed by atoms with Crippen molar-refractivity contribution in [1.29, 1.82) is 0 Å². The number of fused-ring (bicyclic) bond motifs is 1. The molecule has 142 valence electrons. The van der Waals surface area contributed by atoms with E-state index in [2.05, 4.69) is 14.7 Å². The molecule has 0 bridgehead atoms. The lowest BCUT2D eigenvalue weighted by molar-refractivity contribution is 0.601. The van der Waals surface area contributed by atoms with Crippen LogP contribution in [-0.2, 0) is 10.0 Å². The van der Waals surface area contributed by atoms with Crippen LogP contribution in [0.3, 0.4) is 0 Å². The Labute approximate surface area is 167 Å². The maximum Gasteiger partial charge on any atom is 0.263 e. The van der Waals surface area contributed by atoms with Crippen molar-refractivity contribution in [3.63, 3.8) is 0 Å². The normalized spacial score (nSPS) is 11.7. The Morgan fingerprint density at radius 3 is 2.32 bits per heavy atom. The van der Waals surface area contributed by atoms with Crippen LogP contribution < -0.4 is 4.72 Å². The Morgan fingerprint density at radius 2 is 1.64 bits per heavy atom. The second-order valence-electron chi connectivity index (χ2n) is 6.45. The predicted molar refractivity (Wildman–Crippen MR) is 110 cm³/mol. The van der Waals surface area contributed by atoms with Crippen LogP contribution in [0.1, 0.15) is 11.3 Å². The van der Waals surface area contributed by atoms with Gasteiger partial charge in [-0.3, -0.25) is 9.12 Å². The van der Waals surface area contributed by atoms with Gasteiger partial charge < -0.3 is 0 Å². The minimum Gasteiger partial charge on any atom is -0.266 e. The molecule has 6 nitrogen and oxygen atoms in total. The van der Waals surface area contributed by atoms with Crippen LogP contribution in [0, 0.1) is 13.8 Å². The number of halogens is 1. The molecule has 0 amide bonds. The van der Waals surface area contributed by atoms with E-state index in [1.807, 2.05) is 44.2 Å². The van der Waals surface area contributed by atoms with E-state index in [4.69, 9.17) is 11.6 Å². The van der Waals surface area contributed by atoms with Gasteiger partial charge in [-0.2, -0.15) is 0 Å². The summed E-state index contributed by atoms with van der Waals surface area (Å²) in [6, 6.07) is 17.7. The summed E-state index contributed by atoms with van der Waals surface area (Å²) >= 11 is 6.07. The number of rotatable bonds is 4. The van der Waals surface area contributed by atoms with Gasteiger partial charge in [0.15, 0.2) is 5.82 Å². The highest BCUT2D eigenvalue weighted by atomic mass is 35.5. The maximum absolute atomic E-state index is 13.0. The molecule has 0 unspecified atom stereocenters. The molecule has 0 aliphatic carbocycles. The quantitative estimate of drug-likeness (QED) is 0.502. The number of aromatic nitrogens is 3. The van der Waals surface area contributed by atoms with Crippen LogP contribution in [0.4, 0.5) is 5.82 Å². The summed E-state index contributed by atoms with van der Waals surface area (Å²) in [6.45, 7) is 3.72. The van der Waals surface area contributed by atoms with E-state index in [9.17, 15) is 8.42 Å². The van der Waals surface area contributed by atoms with E-state index >= 15 is 0 Å². The summed E-state index contributed by atoms with van der Waals surface area (Å²) in [6.07, 6.45) is 0. The molecule has 0 spiro atoms. The van der Waals surface area contributed by atoms with E-state index in [0.29, 0.717) is 28.1 Å². The molecule has 0 atom stereocenters. The van der Waals surface area contributed by atoms with Gasteiger partial charge >= 0.3 is 0 Å². The third-order valence-corrected chi connectivity index (χ3v) is 5.91. The molecule has 0 saturated heterocycles. The van der Waals surface area contributed by atoms with Crippen molar-refractivity contribution in [3.8, 4) is 11.3 Å². The lowest BCUT2D eigenvalue weighted by Gasteiger charge is -2.11. The van der Waals surface area contributed by atoms with Crippen molar-refractivity contribution in [2.45, 2.75) is 18.7 Å². The summed E-state index contributed by atoms with van der Waals surface area (Å²) in [4.78, 5) is 8.95. The van der Waals surface area contributed by atoms with E-state index < -0.39 is 10.0 Å². The first kappa shape index (κ1) is 18.5. The van der Waals surface area contributed by atoms with Gasteiger partial charge in [0.1, 0.15) is 10.8 Å². The average Bonchev–Trinajstić information content (AvgIpc) is 3.00. The monoisotopic (exact) mass is 412 g/mol. The number of imidazole rings is 1. The highest BCUT2D eigenvalue weighted by Crippen LogP contribution is 2.31. The topological polar surface area (TPSA) is 76.4 Å². The zero-order valence-electron chi connectivity index (χ0n) is 15.2. The number of nitrogens with zero attached hydrogens (tertiary/aromatic N) is 3. The van der Waals surface area contributed by atoms with Gasteiger partial charge in [-0.25, -0.2) is 18.4 Å². The highest BCUT2D eigenvalue weighted by molar-refractivity contribution is 7.92. The Kier molecular flexibility index (Phi) is 4.56. The van der Waals surface area contributed by atoms with Crippen molar-refractivity contribution in [3.05, 3.63) is 77.1 Å². The average molecular weight is 413 g/mol.